The highest BCUT2D eigenvalue weighted by Crippen LogP contribution is 2.40. The number of alkyl halides is 5. The summed E-state index contributed by atoms with van der Waals surface area (Å²) in [7, 11) is 0. The lowest BCUT2D eigenvalue weighted by Crippen LogP contribution is -2.31. The standard InChI is InChI=1S/C12H7Cl2F3N2OS/c13-11(14)3-4-19(9(11)20)10-18-7-2-1-6(12(15,16)17)5-8(7)21-10/h1-2,5H,3-4H2. The van der Waals surface area contributed by atoms with Gasteiger partial charge in [0.1, 0.15) is 0 Å². The highest BCUT2D eigenvalue weighted by molar-refractivity contribution is 7.22. The number of anilines is 1. The molecule has 112 valence electrons. The van der Waals surface area contributed by atoms with Crippen LogP contribution in [0.5, 0.6) is 0 Å². The van der Waals surface area contributed by atoms with Crippen molar-refractivity contribution in [2.75, 3.05) is 11.4 Å². The van der Waals surface area contributed by atoms with Gasteiger partial charge in [-0.05, 0) is 18.2 Å². The van der Waals surface area contributed by atoms with Crippen molar-refractivity contribution in [1.82, 2.24) is 4.98 Å². The van der Waals surface area contributed by atoms with Crippen molar-refractivity contribution in [3.63, 3.8) is 0 Å². The lowest BCUT2D eigenvalue weighted by molar-refractivity contribution is -0.137. The zero-order valence-electron chi connectivity index (χ0n) is 10.2. The molecule has 21 heavy (non-hydrogen) atoms. The first-order valence-corrected chi connectivity index (χ1v) is 7.43. The fraction of sp³-hybridized carbons (Fsp3) is 0.333. The largest absolute Gasteiger partial charge is 0.416 e. The lowest BCUT2D eigenvalue weighted by Gasteiger charge is -2.13. The fourth-order valence-electron chi connectivity index (χ4n) is 2.04. The van der Waals surface area contributed by atoms with Crippen LogP contribution in [0.1, 0.15) is 12.0 Å². The minimum absolute atomic E-state index is 0.249. The number of benzene rings is 1. The predicted molar refractivity (Wildman–Crippen MR) is 76.0 cm³/mol. The van der Waals surface area contributed by atoms with Crippen LogP contribution in [0.15, 0.2) is 18.2 Å². The molecule has 0 spiro atoms. The van der Waals surface area contributed by atoms with Crippen LogP contribution in [-0.4, -0.2) is 21.8 Å². The average molecular weight is 355 g/mol. The first kappa shape index (κ1) is 14.9. The number of rotatable bonds is 1. The summed E-state index contributed by atoms with van der Waals surface area (Å²) >= 11 is 12.7. The van der Waals surface area contributed by atoms with Crippen LogP contribution in [-0.2, 0) is 11.0 Å². The molecule has 3 rings (SSSR count). The van der Waals surface area contributed by atoms with Crippen molar-refractivity contribution in [3.05, 3.63) is 23.8 Å². The van der Waals surface area contributed by atoms with Crippen molar-refractivity contribution in [1.29, 1.82) is 0 Å². The molecule has 0 saturated carbocycles. The molecular weight excluding hydrogens is 348 g/mol. The molecule has 0 unspecified atom stereocenters. The number of thiazole rings is 1. The zero-order chi connectivity index (χ0) is 15.4. The van der Waals surface area contributed by atoms with Crippen molar-refractivity contribution >= 4 is 55.8 Å². The molecule has 0 radical (unpaired) electrons. The second kappa shape index (κ2) is 4.72. The van der Waals surface area contributed by atoms with Crippen molar-refractivity contribution < 1.29 is 18.0 Å². The Morgan fingerprint density at radius 2 is 2.05 bits per heavy atom. The number of carbonyl (C=O) groups excluding carboxylic acids is 1. The maximum Gasteiger partial charge on any atom is 0.416 e. The number of carbonyl (C=O) groups is 1. The number of amides is 1. The third-order valence-electron chi connectivity index (χ3n) is 3.14. The number of nitrogens with zero attached hydrogens (tertiary/aromatic N) is 2. The quantitative estimate of drug-likeness (QED) is 0.718. The van der Waals surface area contributed by atoms with Crippen molar-refractivity contribution in [2.45, 2.75) is 16.9 Å². The molecule has 1 aromatic carbocycles. The molecule has 1 fully saturated rings. The highest BCUT2D eigenvalue weighted by atomic mass is 35.5. The van der Waals surface area contributed by atoms with Gasteiger partial charge in [0.25, 0.3) is 5.91 Å². The van der Waals surface area contributed by atoms with E-state index in [9.17, 15) is 18.0 Å². The van der Waals surface area contributed by atoms with E-state index in [-0.39, 0.29) is 13.0 Å². The van der Waals surface area contributed by atoms with Gasteiger partial charge >= 0.3 is 6.18 Å². The van der Waals surface area contributed by atoms with Crippen LogP contribution >= 0.6 is 34.5 Å². The second-order valence-electron chi connectivity index (χ2n) is 4.59. The molecule has 1 aliphatic heterocycles. The predicted octanol–water partition coefficient (Wildman–Crippen LogP) is 4.23. The van der Waals surface area contributed by atoms with E-state index in [0.717, 1.165) is 23.5 Å². The van der Waals surface area contributed by atoms with Gasteiger partial charge in [-0.2, -0.15) is 13.2 Å². The Balaban J connectivity index is 2.01. The molecule has 2 aromatic rings. The van der Waals surface area contributed by atoms with Crippen molar-refractivity contribution in [2.24, 2.45) is 0 Å². The summed E-state index contributed by atoms with van der Waals surface area (Å²) in [6.07, 6.45) is -4.16. The van der Waals surface area contributed by atoms with Gasteiger partial charge in [-0.15, -0.1) is 0 Å². The molecule has 1 aromatic heterocycles. The van der Waals surface area contributed by atoms with E-state index < -0.39 is 22.0 Å². The molecule has 0 N–H and O–H groups in total. The van der Waals surface area contributed by atoms with E-state index in [4.69, 9.17) is 23.2 Å². The molecule has 0 atom stereocenters. The van der Waals surface area contributed by atoms with Gasteiger partial charge in [0.2, 0.25) is 0 Å². The van der Waals surface area contributed by atoms with Gasteiger partial charge in [0, 0.05) is 13.0 Å². The summed E-state index contributed by atoms with van der Waals surface area (Å²) in [6.45, 7) is 0.289. The normalized spacial score (nSPS) is 18.7. The molecule has 1 amide bonds. The van der Waals surface area contributed by atoms with Crippen LogP contribution in [0, 0.1) is 0 Å². The summed E-state index contributed by atoms with van der Waals surface area (Å²) in [5.74, 6) is -0.499. The third-order valence-corrected chi connectivity index (χ3v) is 4.89. The maximum absolute atomic E-state index is 12.7. The topological polar surface area (TPSA) is 33.2 Å². The van der Waals surface area contributed by atoms with Crippen LogP contribution in [0.25, 0.3) is 10.2 Å². The summed E-state index contributed by atoms with van der Waals surface area (Å²) in [6, 6.07) is 3.27. The minimum Gasteiger partial charge on any atom is -0.285 e. The molecule has 2 heterocycles. The van der Waals surface area contributed by atoms with E-state index >= 15 is 0 Å². The lowest BCUT2D eigenvalue weighted by atomic mass is 10.2. The smallest absolute Gasteiger partial charge is 0.285 e. The third kappa shape index (κ3) is 2.58. The minimum atomic E-state index is -4.41. The molecule has 9 heteroatoms. The number of hydrogen-bond acceptors (Lipinski definition) is 3. The Labute approximate surface area is 131 Å². The van der Waals surface area contributed by atoms with Gasteiger partial charge in [-0.1, -0.05) is 34.5 Å². The summed E-state index contributed by atoms with van der Waals surface area (Å²) in [5.41, 5.74) is -0.348. The van der Waals surface area contributed by atoms with E-state index in [0.29, 0.717) is 15.3 Å². The molecular formula is C12H7Cl2F3N2OS. The summed E-state index contributed by atoms with van der Waals surface area (Å²) in [4.78, 5) is 17.5. The molecule has 1 saturated heterocycles. The Kier molecular flexibility index (Phi) is 3.35. The molecule has 0 bridgehead atoms. The first-order chi connectivity index (χ1) is 9.68. The van der Waals surface area contributed by atoms with Crippen LogP contribution in [0.4, 0.5) is 18.3 Å². The second-order valence-corrected chi connectivity index (χ2v) is 7.08. The van der Waals surface area contributed by atoms with Crippen molar-refractivity contribution in [3.8, 4) is 0 Å². The van der Waals surface area contributed by atoms with E-state index in [1.165, 1.54) is 11.0 Å². The summed E-state index contributed by atoms with van der Waals surface area (Å²) in [5, 5.41) is 0.303. The monoisotopic (exact) mass is 354 g/mol. The van der Waals surface area contributed by atoms with E-state index in [1.807, 2.05) is 0 Å². The fourth-order valence-corrected chi connectivity index (χ4v) is 3.45. The number of hydrogen-bond donors (Lipinski definition) is 0. The SMILES string of the molecule is O=C1N(c2nc3ccc(C(F)(F)F)cc3s2)CCC1(Cl)Cl. The highest BCUT2D eigenvalue weighted by Gasteiger charge is 2.45. The Bertz CT molecular complexity index is 729. The zero-order valence-corrected chi connectivity index (χ0v) is 12.6. The van der Waals surface area contributed by atoms with E-state index in [1.54, 1.807) is 0 Å². The van der Waals surface area contributed by atoms with Crippen LogP contribution in [0.3, 0.4) is 0 Å². The Morgan fingerprint density at radius 3 is 2.62 bits per heavy atom. The van der Waals surface area contributed by atoms with E-state index in [2.05, 4.69) is 4.98 Å². The van der Waals surface area contributed by atoms with Gasteiger partial charge < -0.3 is 0 Å². The van der Waals surface area contributed by atoms with Crippen LogP contribution < -0.4 is 4.90 Å². The van der Waals surface area contributed by atoms with Crippen LogP contribution in [0.2, 0.25) is 0 Å². The van der Waals surface area contributed by atoms with Gasteiger partial charge in [-0.3, -0.25) is 9.69 Å². The number of halogens is 5. The van der Waals surface area contributed by atoms with Gasteiger partial charge in [0.05, 0.1) is 15.8 Å². The Morgan fingerprint density at radius 1 is 1.33 bits per heavy atom. The van der Waals surface area contributed by atoms with Gasteiger partial charge in [0.15, 0.2) is 9.46 Å². The number of aromatic nitrogens is 1. The van der Waals surface area contributed by atoms with Gasteiger partial charge in [-0.25, -0.2) is 4.98 Å². The molecule has 3 nitrogen and oxygen atoms in total. The number of fused-ring (bicyclic) bond motifs is 1. The Hall–Kier alpha value is -1.05. The molecule has 0 aliphatic carbocycles. The maximum atomic E-state index is 12.7. The molecule has 1 aliphatic rings. The first-order valence-electron chi connectivity index (χ1n) is 5.86. The summed E-state index contributed by atoms with van der Waals surface area (Å²) < 4.78 is 36.9. The average Bonchev–Trinajstić information content (AvgIpc) is 2.90.